The van der Waals surface area contributed by atoms with Crippen molar-refractivity contribution in [2.24, 2.45) is 0 Å². The minimum absolute atomic E-state index is 0.102. The van der Waals surface area contributed by atoms with Crippen molar-refractivity contribution in [1.29, 1.82) is 5.26 Å². The molecule has 3 fully saturated rings. The molecule has 3 aromatic heterocycles. The van der Waals surface area contributed by atoms with Crippen LogP contribution in [0.4, 0.5) is 10.6 Å². The number of hydrogen-bond acceptors (Lipinski definition) is 8. The summed E-state index contributed by atoms with van der Waals surface area (Å²) in [5.41, 5.74) is 2.21. The number of carbonyl (C=O) groups is 1. The Kier molecular flexibility index (Phi) is 5.73. The zero-order chi connectivity index (χ0) is 24.7. The van der Waals surface area contributed by atoms with Crippen molar-refractivity contribution >= 4 is 17.4 Å². The van der Waals surface area contributed by atoms with Gasteiger partial charge in [0.25, 0.3) is 0 Å². The van der Waals surface area contributed by atoms with Gasteiger partial charge in [-0.2, -0.15) is 10.4 Å². The Labute approximate surface area is 203 Å². The number of aromatic nitrogens is 3. The van der Waals surface area contributed by atoms with Crippen LogP contribution in [-0.4, -0.2) is 74.7 Å². The first-order valence-corrected chi connectivity index (χ1v) is 11.6. The summed E-state index contributed by atoms with van der Waals surface area (Å²) < 4.78 is 12.8. The lowest BCUT2D eigenvalue weighted by Crippen LogP contribution is -2.70. The van der Waals surface area contributed by atoms with E-state index in [2.05, 4.69) is 16.1 Å². The summed E-state index contributed by atoms with van der Waals surface area (Å²) in [6, 6.07) is 8.18. The SMILES string of the molecule is CC(C)(C)OC(=O)N1C2CC1CN(c1ccc(-c3cc(OCCO)cn4ncc(C#N)c34)cn1)C2. The number of anilines is 1. The van der Waals surface area contributed by atoms with Crippen LogP contribution < -0.4 is 9.64 Å². The highest BCUT2D eigenvalue weighted by Gasteiger charge is 2.49. The fraction of sp³-hybridized carbons (Fsp3) is 0.440. The Balaban J connectivity index is 1.36. The van der Waals surface area contributed by atoms with Crippen molar-refractivity contribution in [1.82, 2.24) is 19.5 Å². The third-order valence-electron chi connectivity index (χ3n) is 6.25. The van der Waals surface area contributed by atoms with Crippen LogP contribution in [0.1, 0.15) is 32.8 Å². The Morgan fingerprint density at radius 2 is 2.03 bits per heavy atom. The number of amides is 1. The molecule has 10 heteroatoms. The van der Waals surface area contributed by atoms with Crippen molar-refractivity contribution in [2.75, 3.05) is 31.2 Å². The summed E-state index contributed by atoms with van der Waals surface area (Å²) in [7, 11) is 0. The summed E-state index contributed by atoms with van der Waals surface area (Å²) in [5, 5.41) is 22.9. The zero-order valence-electron chi connectivity index (χ0n) is 20.0. The highest BCUT2D eigenvalue weighted by atomic mass is 16.6. The average Bonchev–Trinajstić information content (AvgIpc) is 3.24. The molecule has 6 heterocycles. The van der Waals surface area contributed by atoms with Crippen molar-refractivity contribution in [3.8, 4) is 22.9 Å². The van der Waals surface area contributed by atoms with Gasteiger partial charge in [0.1, 0.15) is 29.8 Å². The molecule has 1 N–H and O–H groups in total. The third kappa shape index (κ3) is 4.35. The Morgan fingerprint density at radius 3 is 2.66 bits per heavy atom. The number of ether oxygens (including phenoxy) is 2. The zero-order valence-corrected chi connectivity index (χ0v) is 20.0. The van der Waals surface area contributed by atoms with Crippen LogP contribution >= 0.6 is 0 Å². The number of piperazine rings is 1. The number of aliphatic hydroxyl groups excluding tert-OH is 1. The first-order valence-electron chi connectivity index (χ1n) is 11.6. The van der Waals surface area contributed by atoms with E-state index in [9.17, 15) is 10.1 Å². The largest absolute Gasteiger partial charge is 0.490 e. The van der Waals surface area contributed by atoms with Gasteiger partial charge in [-0.1, -0.05) is 0 Å². The smallest absolute Gasteiger partial charge is 0.410 e. The molecule has 3 aliphatic heterocycles. The van der Waals surface area contributed by atoms with Gasteiger partial charge in [0, 0.05) is 30.4 Å². The maximum atomic E-state index is 12.5. The predicted molar refractivity (Wildman–Crippen MR) is 128 cm³/mol. The predicted octanol–water partition coefficient (Wildman–Crippen LogP) is 2.84. The molecule has 1 amide bonds. The van der Waals surface area contributed by atoms with E-state index in [4.69, 9.17) is 19.6 Å². The van der Waals surface area contributed by atoms with Gasteiger partial charge in [0.2, 0.25) is 0 Å². The third-order valence-corrected chi connectivity index (χ3v) is 6.25. The van der Waals surface area contributed by atoms with Gasteiger partial charge >= 0.3 is 6.09 Å². The molecule has 3 saturated heterocycles. The van der Waals surface area contributed by atoms with Gasteiger partial charge in [-0.25, -0.2) is 14.3 Å². The van der Waals surface area contributed by atoms with Crippen molar-refractivity contribution in [3.63, 3.8) is 0 Å². The van der Waals surface area contributed by atoms with Gasteiger partial charge in [0.05, 0.1) is 42.2 Å². The van der Waals surface area contributed by atoms with Crippen LogP contribution in [0.15, 0.2) is 36.8 Å². The fourth-order valence-corrected chi connectivity index (χ4v) is 4.78. The van der Waals surface area contributed by atoms with Gasteiger partial charge in [-0.15, -0.1) is 0 Å². The van der Waals surface area contributed by atoms with Gasteiger partial charge in [0.15, 0.2) is 0 Å². The monoisotopic (exact) mass is 476 g/mol. The molecule has 0 spiro atoms. The molecule has 2 bridgehead atoms. The summed E-state index contributed by atoms with van der Waals surface area (Å²) in [4.78, 5) is 21.3. The number of pyridine rings is 2. The summed E-state index contributed by atoms with van der Waals surface area (Å²) in [6.07, 6.45) is 5.72. The second-order valence-electron chi connectivity index (χ2n) is 9.87. The van der Waals surface area contributed by atoms with Crippen LogP contribution in [0.3, 0.4) is 0 Å². The molecule has 0 aromatic carbocycles. The Hall–Kier alpha value is -3.84. The lowest BCUT2D eigenvalue weighted by Gasteiger charge is -2.56. The summed E-state index contributed by atoms with van der Waals surface area (Å²) in [6.45, 7) is 7.11. The number of aliphatic hydroxyl groups is 1. The van der Waals surface area contributed by atoms with Crippen LogP contribution in [0.25, 0.3) is 16.6 Å². The summed E-state index contributed by atoms with van der Waals surface area (Å²) in [5.74, 6) is 1.38. The molecule has 6 rings (SSSR count). The van der Waals surface area contributed by atoms with E-state index >= 15 is 0 Å². The Bertz CT molecular complexity index is 1280. The number of carbonyl (C=O) groups excluding carboxylic acids is 1. The van der Waals surface area contributed by atoms with E-state index in [0.717, 1.165) is 23.4 Å². The summed E-state index contributed by atoms with van der Waals surface area (Å²) >= 11 is 0. The number of piperidine rings is 1. The number of rotatable bonds is 5. The second kappa shape index (κ2) is 8.74. The molecule has 3 aliphatic rings. The van der Waals surface area contributed by atoms with Crippen molar-refractivity contribution in [2.45, 2.75) is 44.9 Å². The Morgan fingerprint density at radius 1 is 1.26 bits per heavy atom. The minimum Gasteiger partial charge on any atom is -0.490 e. The number of nitrogens with zero attached hydrogens (tertiary/aromatic N) is 6. The van der Waals surface area contributed by atoms with E-state index in [1.54, 1.807) is 16.9 Å². The maximum Gasteiger partial charge on any atom is 0.410 e. The number of nitriles is 1. The number of hydrogen-bond donors (Lipinski definition) is 1. The molecule has 2 atom stereocenters. The van der Waals surface area contributed by atoms with Crippen molar-refractivity contribution in [3.05, 3.63) is 42.4 Å². The van der Waals surface area contributed by atoms with Gasteiger partial charge in [-0.05, 0) is 45.4 Å². The van der Waals surface area contributed by atoms with Crippen LogP contribution in [0.2, 0.25) is 0 Å². The fourth-order valence-electron chi connectivity index (χ4n) is 4.78. The lowest BCUT2D eigenvalue weighted by molar-refractivity contribution is -0.0380. The quantitative estimate of drug-likeness (QED) is 0.598. The van der Waals surface area contributed by atoms with Gasteiger partial charge in [-0.3, -0.25) is 4.90 Å². The molecular weight excluding hydrogens is 448 g/mol. The molecular formula is C25H28N6O4. The van der Waals surface area contributed by atoms with Gasteiger partial charge < -0.3 is 19.5 Å². The van der Waals surface area contributed by atoms with Crippen LogP contribution in [-0.2, 0) is 4.74 Å². The molecule has 182 valence electrons. The van der Waals surface area contributed by atoms with E-state index in [1.165, 1.54) is 6.20 Å². The first-order chi connectivity index (χ1) is 16.8. The minimum atomic E-state index is -0.509. The first kappa shape index (κ1) is 22.9. The molecule has 0 radical (unpaired) electrons. The maximum absolute atomic E-state index is 12.5. The van der Waals surface area contributed by atoms with Crippen LogP contribution in [0, 0.1) is 11.3 Å². The molecule has 3 aromatic rings. The normalized spacial score (nSPS) is 19.3. The molecule has 35 heavy (non-hydrogen) atoms. The van der Waals surface area contributed by atoms with Crippen LogP contribution in [0.5, 0.6) is 5.75 Å². The highest BCUT2D eigenvalue weighted by Crippen LogP contribution is 2.36. The molecule has 10 nitrogen and oxygen atoms in total. The van der Waals surface area contributed by atoms with E-state index < -0.39 is 5.60 Å². The highest BCUT2D eigenvalue weighted by molar-refractivity contribution is 5.85. The topological polar surface area (TPSA) is 116 Å². The molecule has 0 saturated carbocycles. The second-order valence-corrected chi connectivity index (χ2v) is 9.87. The lowest BCUT2D eigenvalue weighted by atomic mass is 9.88. The van der Waals surface area contributed by atoms with E-state index in [-0.39, 0.29) is 31.4 Å². The molecule has 0 aliphatic carbocycles. The van der Waals surface area contributed by atoms with E-state index in [0.29, 0.717) is 29.9 Å². The van der Waals surface area contributed by atoms with E-state index in [1.807, 2.05) is 43.9 Å². The molecule has 2 unspecified atom stereocenters. The standard InChI is InChI=1S/C25H28N6O4/c1-25(2,3)35-24(33)31-18-8-19(31)14-29(13-18)22-5-4-16(11-27-22)21-9-20(34-7-6-32)15-30-23(21)17(10-26)12-28-30/h4-5,9,11-12,15,18-19,32H,6-8,13-14H2,1-3H3. The number of fused-ring (bicyclic) bond motifs is 3. The van der Waals surface area contributed by atoms with Crippen molar-refractivity contribution < 1.29 is 19.4 Å². The average molecular weight is 477 g/mol.